The van der Waals surface area contributed by atoms with Gasteiger partial charge in [0.15, 0.2) is 6.10 Å². The highest BCUT2D eigenvalue weighted by molar-refractivity contribution is 5.98. The summed E-state index contributed by atoms with van der Waals surface area (Å²) in [4.78, 5) is 57.4. The van der Waals surface area contributed by atoms with Crippen molar-refractivity contribution in [2.45, 2.75) is 46.3 Å². The summed E-state index contributed by atoms with van der Waals surface area (Å²) in [5.41, 5.74) is 0. The monoisotopic (exact) mass is 314 g/mol. The largest absolute Gasteiger partial charge is 0.462 e. The Bertz CT molecular complexity index is 517. The van der Waals surface area contributed by atoms with Gasteiger partial charge >= 0.3 is 11.9 Å². The van der Waals surface area contributed by atoms with E-state index < -0.39 is 41.8 Å². The Balaban J connectivity index is 3.07. The molecule has 0 aromatic carbocycles. The van der Waals surface area contributed by atoms with Gasteiger partial charge in [0.25, 0.3) is 5.91 Å². The molecule has 3 amide bonds. The van der Waals surface area contributed by atoms with Crippen LogP contribution in [0.15, 0.2) is 0 Å². The molecule has 1 fully saturated rings. The summed E-state index contributed by atoms with van der Waals surface area (Å²) < 4.78 is 9.85. The Morgan fingerprint density at radius 3 is 2.09 bits per heavy atom. The van der Waals surface area contributed by atoms with Crippen LogP contribution in [-0.2, 0) is 33.4 Å². The summed E-state index contributed by atoms with van der Waals surface area (Å²) in [5.74, 6) is -3.04. The first-order valence-corrected chi connectivity index (χ1v) is 6.59. The van der Waals surface area contributed by atoms with Gasteiger partial charge < -0.3 is 9.47 Å². The van der Waals surface area contributed by atoms with Gasteiger partial charge in [-0.2, -0.15) is 5.01 Å². The van der Waals surface area contributed by atoms with Crippen LogP contribution < -0.4 is 0 Å². The number of ether oxygens (including phenoxy) is 2. The fourth-order valence-electron chi connectivity index (χ4n) is 2.25. The molecule has 0 aromatic rings. The van der Waals surface area contributed by atoms with Crippen molar-refractivity contribution in [3.8, 4) is 0 Å². The highest BCUT2D eigenvalue weighted by Crippen LogP contribution is 2.25. The molecule has 0 saturated carbocycles. The van der Waals surface area contributed by atoms with E-state index in [-0.39, 0.29) is 13.0 Å². The predicted molar refractivity (Wildman–Crippen MR) is 70.6 cm³/mol. The fraction of sp³-hybridized carbons (Fsp3) is 0.615. The Morgan fingerprint density at radius 1 is 1.09 bits per heavy atom. The molecule has 0 N–H and O–H groups in total. The molecular weight excluding hydrogens is 296 g/mol. The average Bonchev–Trinajstić information content (AvgIpc) is 2.71. The van der Waals surface area contributed by atoms with Crippen molar-refractivity contribution in [2.75, 3.05) is 6.61 Å². The first-order valence-electron chi connectivity index (χ1n) is 6.59. The average molecular weight is 314 g/mol. The van der Waals surface area contributed by atoms with Gasteiger partial charge in [-0.3, -0.25) is 24.0 Å². The highest BCUT2D eigenvalue weighted by atomic mass is 16.6. The number of imide groups is 1. The van der Waals surface area contributed by atoms with Crippen LogP contribution in [0.1, 0.15) is 34.1 Å². The van der Waals surface area contributed by atoms with Crippen LogP contribution in [0.5, 0.6) is 0 Å². The summed E-state index contributed by atoms with van der Waals surface area (Å²) in [6.07, 6.45) is -1.25. The first-order chi connectivity index (χ1) is 10.1. The van der Waals surface area contributed by atoms with E-state index in [1.165, 1.54) is 13.8 Å². The minimum Gasteiger partial charge on any atom is -0.462 e. The molecule has 0 radical (unpaired) electrons. The number of hydrazine groups is 1. The van der Waals surface area contributed by atoms with Crippen LogP contribution in [0.2, 0.25) is 0 Å². The van der Waals surface area contributed by atoms with Gasteiger partial charge in [0.05, 0.1) is 6.42 Å². The molecule has 1 rings (SSSR count). The van der Waals surface area contributed by atoms with Crippen molar-refractivity contribution in [1.29, 1.82) is 0 Å². The third-order valence-corrected chi connectivity index (χ3v) is 2.97. The maximum absolute atomic E-state index is 11.9. The second kappa shape index (κ2) is 7.01. The van der Waals surface area contributed by atoms with Crippen molar-refractivity contribution < 1.29 is 33.4 Å². The van der Waals surface area contributed by atoms with Crippen LogP contribution in [0, 0.1) is 0 Å². The number of hydrogen-bond acceptors (Lipinski definition) is 7. The molecule has 1 heterocycles. The number of hydrogen-bond donors (Lipinski definition) is 0. The number of nitrogens with zero attached hydrogens (tertiary/aromatic N) is 2. The second-order valence-electron chi connectivity index (χ2n) is 4.81. The van der Waals surface area contributed by atoms with Crippen molar-refractivity contribution >= 4 is 29.7 Å². The Hall–Kier alpha value is -2.45. The maximum atomic E-state index is 11.9. The maximum Gasteiger partial charge on any atom is 0.303 e. The summed E-state index contributed by atoms with van der Waals surface area (Å²) in [7, 11) is 0. The van der Waals surface area contributed by atoms with E-state index in [1.807, 2.05) is 0 Å². The molecule has 2 atom stereocenters. The van der Waals surface area contributed by atoms with Crippen molar-refractivity contribution in [1.82, 2.24) is 10.0 Å². The normalized spacial score (nSPS) is 18.9. The summed E-state index contributed by atoms with van der Waals surface area (Å²) in [6.45, 7) is 4.33. The standard InChI is InChI=1S/C13H18N2O7/c1-7(16)14-11(5-13(20)15(14)8(2)17)12(22-10(4)19)6-21-9(3)18/h11-12H,5-6H2,1-4H3/t11-,12-/m1/s1. The van der Waals surface area contributed by atoms with Crippen LogP contribution in [-0.4, -0.2) is 58.4 Å². The fourth-order valence-corrected chi connectivity index (χ4v) is 2.25. The number of carbonyl (C=O) groups excluding carboxylic acids is 5. The number of esters is 2. The summed E-state index contributed by atoms with van der Waals surface area (Å²) >= 11 is 0. The van der Waals surface area contributed by atoms with Crippen molar-refractivity contribution in [3.63, 3.8) is 0 Å². The van der Waals surface area contributed by atoms with Gasteiger partial charge in [-0.05, 0) is 0 Å². The zero-order chi connectivity index (χ0) is 17.0. The third-order valence-electron chi connectivity index (χ3n) is 2.97. The zero-order valence-corrected chi connectivity index (χ0v) is 12.8. The molecule has 0 aliphatic carbocycles. The number of carbonyl (C=O) groups is 5. The molecule has 1 saturated heterocycles. The molecule has 1 aliphatic heterocycles. The van der Waals surface area contributed by atoms with E-state index in [0.717, 1.165) is 18.9 Å². The van der Waals surface area contributed by atoms with Gasteiger partial charge in [-0.1, -0.05) is 0 Å². The Labute approximate surface area is 127 Å². The summed E-state index contributed by atoms with van der Waals surface area (Å²) in [6, 6.07) is -0.905. The van der Waals surface area contributed by atoms with Crippen molar-refractivity contribution in [3.05, 3.63) is 0 Å². The van der Waals surface area contributed by atoms with Crippen LogP contribution in [0.3, 0.4) is 0 Å². The predicted octanol–water partition coefficient (Wildman–Crippen LogP) is -0.608. The quantitative estimate of drug-likeness (QED) is 0.637. The zero-order valence-electron chi connectivity index (χ0n) is 12.8. The molecule has 9 nitrogen and oxygen atoms in total. The third kappa shape index (κ3) is 4.03. The van der Waals surface area contributed by atoms with E-state index >= 15 is 0 Å². The SMILES string of the molecule is CC(=O)OC[C@@H](OC(C)=O)[C@H]1CC(=O)N(C(C)=O)N1C(C)=O. The molecule has 0 aromatic heterocycles. The Kier molecular flexibility index (Phi) is 5.61. The number of amides is 3. The van der Waals surface area contributed by atoms with E-state index in [1.54, 1.807) is 0 Å². The lowest BCUT2D eigenvalue weighted by Crippen LogP contribution is -2.52. The topological polar surface area (TPSA) is 110 Å². The van der Waals surface area contributed by atoms with Gasteiger partial charge in [-0.25, -0.2) is 5.01 Å². The van der Waals surface area contributed by atoms with E-state index in [4.69, 9.17) is 9.47 Å². The molecule has 0 bridgehead atoms. The van der Waals surface area contributed by atoms with E-state index in [0.29, 0.717) is 5.01 Å². The van der Waals surface area contributed by atoms with Gasteiger partial charge in [0.1, 0.15) is 12.6 Å². The second-order valence-corrected chi connectivity index (χ2v) is 4.81. The van der Waals surface area contributed by atoms with E-state index in [9.17, 15) is 24.0 Å². The first kappa shape index (κ1) is 17.6. The van der Waals surface area contributed by atoms with Gasteiger partial charge in [-0.15, -0.1) is 0 Å². The lowest BCUT2D eigenvalue weighted by atomic mass is 10.1. The molecule has 0 unspecified atom stereocenters. The summed E-state index contributed by atoms with van der Waals surface area (Å²) in [5, 5.41) is 1.64. The van der Waals surface area contributed by atoms with Crippen molar-refractivity contribution in [2.24, 2.45) is 0 Å². The molecule has 22 heavy (non-hydrogen) atoms. The molecule has 122 valence electrons. The smallest absolute Gasteiger partial charge is 0.303 e. The minimum absolute atomic E-state index is 0.210. The van der Waals surface area contributed by atoms with E-state index in [2.05, 4.69) is 0 Å². The van der Waals surface area contributed by atoms with Gasteiger partial charge in [0, 0.05) is 27.7 Å². The Morgan fingerprint density at radius 2 is 1.68 bits per heavy atom. The van der Waals surface area contributed by atoms with Gasteiger partial charge in [0.2, 0.25) is 11.8 Å². The number of rotatable bonds is 4. The van der Waals surface area contributed by atoms with Crippen LogP contribution >= 0.6 is 0 Å². The molecule has 0 spiro atoms. The minimum atomic E-state index is -1.04. The molecular formula is C13H18N2O7. The highest BCUT2D eigenvalue weighted by Gasteiger charge is 2.47. The lowest BCUT2D eigenvalue weighted by Gasteiger charge is -2.32. The van der Waals surface area contributed by atoms with Crippen LogP contribution in [0.4, 0.5) is 0 Å². The lowest BCUT2D eigenvalue weighted by molar-refractivity contribution is -0.174. The molecule has 1 aliphatic rings. The van der Waals surface area contributed by atoms with Crippen LogP contribution in [0.25, 0.3) is 0 Å². The molecule has 9 heteroatoms.